The van der Waals surface area contributed by atoms with E-state index in [1.165, 1.54) is 14.2 Å². The van der Waals surface area contributed by atoms with Gasteiger partial charge in [0, 0.05) is 16.8 Å². The minimum absolute atomic E-state index is 0.114. The van der Waals surface area contributed by atoms with Crippen LogP contribution >= 0.6 is 0 Å². The fourth-order valence-corrected chi connectivity index (χ4v) is 3.32. The van der Waals surface area contributed by atoms with Gasteiger partial charge >= 0.3 is 5.97 Å². The van der Waals surface area contributed by atoms with Crippen LogP contribution in [-0.2, 0) is 16.1 Å². The predicted molar refractivity (Wildman–Crippen MR) is 119 cm³/mol. The van der Waals surface area contributed by atoms with Crippen LogP contribution in [0.1, 0.15) is 33.1 Å². The van der Waals surface area contributed by atoms with E-state index in [4.69, 9.17) is 9.47 Å². The molecule has 0 bridgehead atoms. The van der Waals surface area contributed by atoms with Crippen LogP contribution < -0.4 is 15.4 Å². The molecule has 31 heavy (non-hydrogen) atoms. The van der Waals surface area contributed by atoms with Crippen LogP contribution in [0.2, 0.25) is 0 Å². The van der Waals surface area contributed by atoms with Gasteiger partial charge in [-0.3, -0.25) is 4.79 Å². The highest BCUT2D eigenvalue weighted by Gasteiger charge is 2.24. The molecule has 3 N–H and O–H groups in total. The van der Waals surface area contributed by atoms with Gasteiger partial charge in [0.2, 0.25) is 0 Å². The molecule has 0 spiro atoms. The van der Waals surface area contributed by atoms with Gasteiger partial charge in [0.25, 0.3) is 5.91 Å². The molecule has 3 aromatic carbocycles. The quantitative estimate of drug-likeness (QED) is 0.550. The Morgan fingerprint density at radius 2 is 1.68 bits per heavy atom. The van der Waals surface area contributed by atoms with Crippen molar-refractivity contribution in [3.05, 3.63) is 95.1 Å². The van der Waals surface area contributed by atoms with Crippen molar-refractivity contribution in [2.24, 2.45) is 0 Å². The number of hydrogen-bond acceptors (Lipinski definition) is 4. The third-order valence-electron chi connectivity index (χ3n) is 5.02. The highest BCUT2D eigenvalue weighted by atomic mass is 16.5. The Kier molecular flexibility index (Phi) is 7.40. The van der Waals surface area contributed by atoms with E-state index in [0.29, 0.717) is 17.9 Å². The van der Waals surface area contributed by atoms with E-state index in [9.17, 15) is 9.59 Å². The molecule has 6 heteroatoms. The molecule has 0 aromatic heterocycles. The molecular formula is C25H27N2O4+. The lowest BCUT2D eigenvalue weighted by Crippen LogP contribution is -2.85. The van der Waals surface area contributed by atoms with Crippen LogP contribution in [0.4, 0.5) is 5.69 Å². The van der Waals surface area contributed by atoms with Crippen LogP contribution in [0.3, 0.4) is 0 Å². The summed E-state index contributed by atoms with van der Waals surface area (Å²) in [5.74, 6) is -0.125. The van der Waals surface area contributed by atoms with Crippen LogP contribution in [-0.4, -0.2) is 26.1 Å². The standard InChI is InChI=1S/C25H26N2O4/c1-17-9-12-20(13-10-17)27-24(28)23(19-7-5-4-6-8-19)26-16-18-11-14-22(30-2)21(15-18)25(29)31-3/h4-15,23,26H,16H2,1-3H3,(H,27,28)/p+1/t23-/m0/s1. The number of esters is 1. The number of benzene rings is 3. The lowest BCUT2D eigenvalue weighted by molar-refractivity contribution is -0.697. The molecular weight excluding hydrogens is 392 g/mol. The Balaban J connectivity index is 1.80. The maximum atomic E-state index is 13.1. The zero-order valence-electron chi connectivity index (χ0n) is 17.9. The van der Waals surface area contributed by atoms with Gasteiger partial charge in [-0.15, -0.1) is 0 Å². The van der Waals surface area contributed by atoms with Crippen LogP contribution in [0.15, 0.2) is 72.8 Å². The Hall–Kier alpha value is -3.64. The van der Waals surface area contributed by atoms with Gasteiger partial charge < -0.3 is 20.1 Å². The topological polar surface area (TPSA) is 81.2 Å². The smallest absolute Gasteiger partial charge is 0.341 e. The molecule has 6 nitrogen and oxygen atoms in total. The molecule has 0 saturated heterocycles. The van der Waals surface area contributed by atoms with E-state index in [1.54, 1.807) is 12.1 Å². The van der Waals surface area contributed by atoms with Crippen molar-refractivity contribution in [2.75, 3.05) is 19.5 Å². The number of carbonyl (C=O) groups is 2. The largest absolute Gasteiger partial charge is 0.496 e. The summed E-state index contributed by atoms with van der Waals surface area (Å²) >= 11 is 0. The number of aryl methyl sites for hydroxylation is 1. The van der Waals surface area contributed by atoms with Gasteiger partial charge in [0.15, 0.2) is 6.04 Å². The molecule has 0 aliphatic carbocycles. The number of nitrogens with two attached hydrogens (primary N) is 1. The molecule has 0 heterocycles. The van der Waals surface area contributed by atoms with Crippen LogP contribution in [0.25, 0.3) is 0 Å². The fourth-order valence-electron chi connectivity index (χ4n) is 3.32. The van der Waals surface area contributed by atoms with Crippen molar-refractivity contribution in [1.29, 1.82) is 0 Å². The lowest BCUT2D eigenvalue weighted by Gasteiger charge is -2.17. The molecule has 160 valence electrons. The predicted octanol–water partition coefficient (Wildman–Crippen LogP) is 3.23. The summed E-state index contributed by atoms with van der Waals surface area (Å²) in [7, 11) is 2.84. The number of ether oxygens (including phenoxy) is 2. The van der Waals surface area contributed by atoms with Crippen LogP contribution in [0.5, 0.6) is 5.75 Å². The molecule has 3 rings (SSSR count). The average Bonchev–Trinajstić information content (AvgIpc) is 2.80. The molecule has 1 amide bonds. The van der Waals surface area contributed by atoms with Crippen molar-refractivity contribution in [3.8, 4) is 5.75 Å². The zero-order chi connectivity index (χ0) is 22.2. The molecule has 0 unspecified atom stereocenters. The highest BCUT2D eigenvalue weighted by molar-refractivity contribution is 5.94. The van der Waals surface area contributed by atoms with Gasteiger partial charge in [-0.2, -0.15) is 0 Å². The zero-order valence-corrected chi connectivity index (χ0v) is 17.9. The number of anilines is 1. The first-order chi connectivity index (χ1) is 15.0. The molecule has 0 radical (unpaired) electrons. The second-order valence-electron chi connectivity index (χ2n) is 7.21. The van der Waals surface area contributed by atoms with Gasteiger partial charge in [-0.1, -0.05) is 48.0 Å². The first kappa shape index (κ1) is 22.1. The molecule has 0 aliphatic heterocycles. The summed E-state index contributed by atoms with van der Waals surface area (Å²) in [6.45, 7) is 2.50. The van der Waals surface area contributed by atoms with E-state index in [0.717, 1.165) is 22.4 Å². The maximum absolute atomic E-state index is 13.1. The van der Waals surface area contributed by atoms with Gasteiger partial charge in [0.05, 0.1) is 14.2 Å². The Bertz CT molecular complexity index is 1030. The monoisotopic (exact) mass is 419 g/mol. The summed E-state index contributed by atoms with van der Waals surface area (Å²) in [5, 5.41) is 4.94. The van der Waals surface area contributed by atoms with Crippen molar-refractivity contribution < 1.29 is 24.4 Å². The summed E-state index contributed by atoms with van der Waals surface area (Å²) in [6.07, 6.45) is 0. The van der Waals surface area contributed by atoms with E-state index in [1.807, 2.05) is 72.9 Å². The molecule has 3 aromatic rings. The minimum atomic E-state index is -0.463. The van der Waals surface area contributed by atoms with Gasteiger partial charge in [-0.05, 0) is 37.3 Å². The Morgan fingerprint density at radius 3 is 2.32 bits per heavy atom. The SMILES string of the molecule is COC(=O)c1cc(C[NH2+][C@H](C(=O)Nc2ccc(C)cc2)c2ccccc2)ccc1OC. The third-order valence-corrected chi connectivity index (χ3v) is 5.02. The fraction of sp³-hybridized carbons (Fsp3) is 0.200. The number of rotatable bonds is 8. The molecule has 0 aliphatic rings. The van der Waals surface area contributed by atoms with Crippen molar-refractivity contribution in [1.82, 2.24) is 0 Å². The van der Waals surface area contributed by atoms with E-state index >= 15 is 0 Å². The van der Waals surface area contributed by atoms with E-state index in [-0.39, 0.29) is 5.91 Å². The second-order valence-corrected chi connectivity index (χ2v) is 7.21. The number of amides is 1. The number of nitrogens with one attached hydrogen (secondary N) is 1. The Labute approximate surface area is 182 Å². The lowest BCUT2D eigenvalue weighted by atomic mass is 10.0. The first-order valence-electron chi connectivity index (χ1n) is 10.0. The van der Waals surface area contributed by atoms with E-state index < -0.39 is 12.0 Å². The summed E-state index contributed by atoms with van der Waals surface area (Å²) in [4.78, 5) is 25.2. The van der Waals surface area contributed by atoms with Crippen molar-refractivity contribution in [3.63, 3.8) is 0 Å². The maximum Gasteiger partial charge on any atom is 0.341 e. The number of quaternary nitrogens is 1. The van der Waals surface area contributed by atoms with E-state index in [2.05, 4.69) is 5.32 Å². The highest BCUT2D eigenvalue weighted by Crippen LogP contribution is 2.21. The normalized spacial score (nSPS) is 11.5. The average molecular weight is 420 g/mol. The Morgan fingerprint density at radius 1 is 0.968 bits per heavy atom. The molecule has 1 atom stereocenters. The van der Waals surface area contributed by atoms with Gasteiger partial charge in [0.1, 0.15) is 17.9 Å². The van der Waals surface area contributed by atoms with Gasteiger partial charge in [-0.25, -0.2) is 4.79 Å². The van der Waals surface area contributed by atoms with Crippen LogP contribution in [0, 0.1) is 6.92 Å². The van der Waals surface area contributed by atoms with Crippen molar-refractivity contribution >= 4 is 17.6 Å². The molecule has 0 saturated carbocycles. The molecule has 0 fully saturated rings. The first-order valence-corrected chi connectivity index (χ1v) is 10.0. The summed E-state index contributed by atoms with van der Waals surface area (Å²) in [5.41, 5.74) is 4.02. The van der Waals surface area contributed by atoms with Crippen molar-refractivity contribution in [2.45, 2.75) is 19.5 Å². The summed E-state index contributed by atoms with van der Waals surface area (Å²) in [6, 6.07) is 22.2. The third kappa shape index (κ3) is 5.71. The minimum Gasteiger partial charge on any atom is -0.496 e. The number of methoxy groups -OCH3 is 2. The summed E-state index contributed by atoms with van der Waals surface area (Å²) < 4.78 is 10.1. The number of carbonyl (C=O) groups excluding carboxylic acids is 2. The number of hydrogen-bond donors (Lipinski definition) is 2. The second kappa shape index (κ2) is 10.4.